The highest BCUT2D eigenvalue weighted by atomic mass is 16.5. The van der Waals surface area contributed by atoms with Gasteiger partial charge in [0, 0.05) is 19.2 Å². The van der Waals surface area contributed by atoms with Crippen LogP contribution >= 0.6 is 0 Å². The third kappa shape index (κ3) is 2.84. The summed E-state index contributed by atoms with van der Waals surface area (Å²) in [7, 11) is 1.67. The lowest BCUT2D eigenvalue weighted by atomic mass is 9.68. The van der Waals surface area contributed by atoms with Crippen LogP contribution in [0.3, 0.4) is 0 Å². The number of carbonyl (C=O) groups excluding carboxylic acids is 1. The van der Waals surface area contributed by atoms with Crippen LogP contribution in [0.5, 0.6) is 0 Å². The molecule has 1 aliphatic carbocycles. The van der Waals surface area contributed by atoms with Crippen molar-refractivity contribution in [3.05, 3.63) is 36.2 Å². The fourth-order valence-corrected chi connectivity index (χ4v) is 3.95. The Labute approximate surface area is 147 Å². The van der Waals surface area contributed by atoms with Crippen LogP contribution in [0.2, 0.25) is 0 Å². The van der Waals surface area contributed by atoms with E-state index in [2.05, 4.69) is 10.1 Å². The van der Waals surface area contributed by atoms with Crippen molar-refractivity contribution in [2.24, 2.45) is 5.41 Å². The summed E-state index contributed by atoms with van der Waals surface area (Å²) in [5, 5.41) is 4.11. The van der Waals surface area contributed by atoms with Gasteiger partial charge >= 0.3 is 0 Å². The highest BCUT2D eigenvalue weighted by Gasteiger charge is 2.49. The zero-order valence-corrected chi connectivity index (χ0v) is 14.5. The number of methoxy groups -OCH3 is 1. The number of amides is 1. The van der Waals surface area contributed by atoms with Crippen LogP contribution in [-0.4, -0.2) is 41.2 Å². The minimum Gasteiger partial charge on any atom is -0.384 e. The SMILES string of the molecule is COCC1(C(=O)N2CCC[C@@H]2c2nc(-c3ccccc3)no2)CCC1. The van der Waals surface area contributed by atoms with Gasteiger partial charge in [-0.15, -0.1) is 0 Å². The Balaban J connectivity index is 1.56. The van der Waals surface area contributed by atoms with Crippen LogP contribution in [0, 0.1) is 5.41 Å². The molecule has 2 aromatic rings. The number of benzene rings is 1. The third-order valence-corrected chi connectivity index (χ3v) is 5.46. The summed E-state index contributed by atoms with van der Waals surface area (Å²) in [5.74, 6) is 1.30. The number of carbonyl (C=O) groups is 1. The topological polar surface area (TPSA) is 68.5 Å². The second-order valence-electron chi connectivity index (χ2n) is 7.05. The quantitative estimate of drug-likeness (QED) is 0.835. The molecule has 1 atom stereocenters. The average molecular weight is 341 g/mol. The molecule has 6 nitrogen and oxygen atoms in total. The maximum absolute atomic E-state index is 13.2. The molecule has 0 bridgehead atoms. The van der Waals surface area contributed by atoms with Gasteiger partial charge in [-0.3, -0.25) is 4.79 Å². The summed E-state index contributed by atoms with van der Waals surface area (Å²) < 4.78 is 10.9. The van der Waals surface area contributed by atoms with Crippen molar-refractivity contribution in [2.75, 3.05) is 20.3 Å². The third-order valence-electron chi connectivity index (χ3n) is 5.46. The smallest absolute Gasteiger partial charge is 0.249 e. The van der Waals surface area contributed by atoms with E-state index in [4.69, 9.17) is 9.26 Å². The molecule has 1 amide bonds. The molecule has 25 heavy (non-hydrogen) atoms. The lowest BCUT2D eigenvalue weighted by Gasteiger charge is -2.43. The normalized spacial score (nSPS) is 22.0. The molecule has 2 fully saturated rings. The predicted molar refractivity (Wildman–Crippen MR) is 91.6 cm³/mol. The number of ether oxygens (including phenoxy) is 1. The van der Waals surface area contributed by atoms with Crippen LogP contribution < -0.4 is 0 Å². The molecule has 1 aromatic carbocycles. The number of aromatic nitrogens is 2. The summed E-state index contributed by atoms with van der Waals surface area (Å²) >= 11 is 0. The molecule has 6 heteroatoms. The minimum absolute atomic E-state index is 0.119. The highest BCUT2D eigenvalue weighted by molar-refractivity contribution is 5.84. The molecule has 1 saturated carbocycles. The second-order valence-corrected chi connectivity index (χ2v) is 7.05. The van der Waals surface area contributed by atoms with Crippen LogP contribution in [0.4, 0.5) is 0 Å². The van der Waals surface area contributed by atoms with E-state index in [9.17, 15) is 4.79 Å². The van der Waals surface area contributed by atoms with Crippen molar-refractivity contribution in [1.29, 1.82) is 0 Å². The maximum atomic E-state index is 13.2. The molecule has 4 rings (SSSR count). The number of hydrogen-bond acceptors (Lipinski definition) is 5. The van der Waals surface area contributed by atoms with Crippen molar-refractivity contribution in [3.8, 4) is 11.4 Å². The Hall–Kier alpha value is -2.21. The first kappa shape index (κ1) is 16.3. The predicted octanol–water partition coefficient (Wildman–Crippen LogP) is 3.22. The van der Waals surface area contributed by atoms with Gasteiger partial charge in [-0.25, -0.2) is 0 Å². The van der Waals surface area contributed by atoms with E-state index in [1.165, 1.54) is 0 Å². The fourth-order valence-electron chi connectivity index (χ4n) is 3.95. The largest absolute Gasteiger partial charge is 0.384 e. The summed E-state index contributed by atoms with van der Waals surface area (Å²) in [4.78, 5) is 19.7. The van der Waals surface area contributed by atoms with Gasteiger partial charge in [-0.1, -0.05) is 41.9 Å². The summed E-state index contributed by atoms with van der Waals surface area (Å²) in [6.07, 6.45) is 4.73. The molecule has 0 N–H and O–H groups in total. The standard InChI is InChI=1S/C19H23N3O3/c1-24-13-19(10-6-11-19)18(23)22-12-5-9-15(22)17-20-16(21-25-17)14-7-3-2-4-8-14/h2-4,7-8,15H,5-6,9-13H2,1H3/t15-/m1/s1. The Bertz CT molecular complexity index is 739. The van der Waals surface area contributed by atoms with Gasteiger partial charge in [0.2, 0.25) is 17.6 Å². The highest BCUT2D eigenvalue weighted by Crippen LogP contribution is 2.45. The van der Waals surface area contributed by atoms with Crippen LogP contribution in [0.15, 0.2) is 34.9 Å². The van der Waals surface area contributed by atoms with E-state index < -0.39 is 0 Å². The van der Waals surface area contributed by atoms with Gasteiger partial charge in [0.1, 0.15) is 6.04 Å². The fraction of sp³-hybridized carbons (Fsp3) is 0.526. The molecular formula is C19H23N3O3. The van der Waals surface area contributed by atoms with Gasteiger partial charge in [0.25, 0.3) is 0 Å². The zero-order chi connectivity index (χ0) is 17.3. The number of rotatable bonds is 5. The molecule has 132 valence electrons. The number of nitrogens with zero attached hydrogens (tertiary/aromatic N) is 3. The second kappa shape index (κ2) is 6.59. The summed E-state index contributed by atoms with van der Waals surface area (Å²) in [5.41, 5.74) is 0.572. The van der Waals surface area contributed by atoms with Crippen molar-refractivity contribution in [3.63, 3.8) is 0 Å². The van der Waals surface area contributed by atoms with Crippen molar-refractivity contribution in [1.82, 2.24) is 15.0 Å². The molecule has 1 aromatic heterocycles. The van der Waals surface area contributed by atoms with Crippen LogP contribution in [0.25, 0.3) is 11.4 Å². The zero-order valence-electron chi connectivity index (χ0n) is 14.5. The summed E-state index contributed by atoms with van der Waals surface area (Å²) in [6.45, 7) is 1.24. The monoisotopic (exact) mass is 341 g/mol. The maximum Gasteiger partial charge on any atom is 0.249 e. The van der Waals surface area contributed by atoms with E-state index in [1.807, 2.05) is 35.2 Å². The lowest BCUT2D eigenvalue weighted by Crippen LogP contribution is -2.50. The van der Waals surface area contributed by atoms with E-state index >= 15 is 0 Å². The van der Waals surface area contributed by atoms with E-state index in [0.29, 0.717) is 18.3 Å². The Kier molecular flexibility index (Phi) is 4.29. The molecular weight excluding hydrogens is 318 g/mol. The van der Waals surface area contributed by atoms with Crippen molar-refractivity contribution < 1.29 is 14.1 Å². The van der Waals surface area contributed by atoms with Crippen LogP contribution in [-0.2, 0) is 9.53 Å². The van der Waals surface area contributed by atoms with Gasteiger partial charge in [0.15, 0.2) is 0 Å². The van der Waals surface area contributed by atoms with E-state index in [0.717, 1.165) is 44.2 Å². The van der Waals surface area contributed by atoms with Gasteiger partial charge in [-0.05, 0) is 25.7 Å². The van der Waals surface area contributed by atoms with Crippen LogP contribution in [0.1, 0.15) is 44.0 Å². The molecule has 0 unspecified atom stereocenters. The first-order valence-corrected chi connectivity index (χ1v) is 8.92. The van der Waals surface area contributed by atoms with Crippen molar-refractivity contribution >= 4 is 5.91 Å². The van der Waals surface area contributed by atoms with Crippen molar-refractivity contribution in [2.45, 2.75) is 38.1 Å². The first-order valence-electron chi connectivity index (χ1n) is 8.92. The molecule has 1 saturated heterocycles. The van der Waals surface area contributed by atoms with Gasteiger partial charge in [0.05, 0.1) is 12.0 Å². The molecule has 0 radical (unpaired) electrons. The Morgan fingerprint density at radius 2 is 2.12 bits per heavy atom. The number of hydrogen-bond donors (Lipinski definition) is 0. The lowest BCUT2D eigenvalue weighted by molar-refractivity contribution is -0.153. The number of likely N-dealkylation sites (tertiary alicyclic amines) is 1. The first-order chi connectivity index (χ1) is 12.2. The Morgan fingerprint density at radius 3 is 2.80 bits per heavy atom. The minimum atomic E-state index is -0.348. The van der Waals surface area contributed by atoms with E-state index in [1.54, 1.807) is 7.11 Å². The Morgan fingerprint density at radius 1 is 1.32 bits per heavy atom. The molecule has 2 aliphatic rings. The summed E-state index contributed by atoms with van der Waals surface area (Å²) in [6, 6.07) is 9.63. The van der Waals surface area contributed by atoms with Gasteiger partial charge in [-0.2, -0.15) is 4.98 Å². The molecule has 2 heterocycles. The average Bonchev–Trinajstić information content (AvgIpc) is 3.27. The van der Waals surface area contributed by atoms with Gasteiger partial charge < -0.3 is 14.2 Å². The molecule has 1 aliphatic heterocycles. The van der Waals surface area contributed by atoms with E-state index in [-0.39, 0.29) is 17.4 Å². The molecule has 0 spiro atoms.